The summed E-state index contributed by atoms with van der Waals surface area (Å²) in [6.07, 6.45) is 1.17. The summed E-state index contributed by atoms with van der Waals surface area (Å²) in [6, 6.07) is 7.81. The number of benzene rings is 2. The van der Waals surface area contributed by atoms with E-state index in [0.29, 0.717) is 0 Å². The molecule has 3 N–H and O–H groups in total. The Morgan fingerprint density at radius 1 is 0.944 bits per heavy atom. The average Bonchev–Trinajstić information content (AvgIpc) is 3.48. The number of hydrogen-bond acceptors (Lipinski definition) is 4. The van der Waals surface area contributed by atoms with Crippen molar-refractivity contribution in [2.75, 3.05) is 16.0 Å². The van der Waals surface area contributed by atoms with Crippen molar-refractivity contribution in [3.8, 4) is 0 Å². The van der Waals surface area contributed by atoms with Gasteiger partial charge in [-0.25, -0.2) is 13.8 Å². The molecule has 0 bridgehead atoms. The number of carbonyl (C=O) groups is 3. The van der Waals surface area contributed by atoms with Gasteiger partial charge >= 0.3 is 0 Å². The number of nitrogens with one attached hydrogen (secondary N) is 3. The monoisotopic (exact) mass is 556 g/mol. The Hall–Kier alpha value is -3.34. The van der Waals surface area contributed by atoms with Gasteiger partial charge in [-0.05, 0) is 48.9 Å². The molecule has 3 aromatic rings. The minimum absolute atomic E-state index is 0.0131. The Kier molecular flexibility index (Phi) is 7.12. The van der Waals surface area contributed by atoms with Crippen LogP contribution in [0.25, 0.3) is 0 Å². The number of amides is 3. The highest BCUT2D eigenvalue weighted by molar-refractivity contribution is 6.52. The molecular formula is C23H14Cl3F3N4O3. The number of rotatable bonds is 6. The van der Waals surface area contributed by atoms with Gasteiger partial charge in [0.1, 0.15) is 15.8 Å². The van der Waals surface area contributed by atoms with Crippen LogP contribution in [0.2, 0.25) is 5.02 Å². The third kappa shape index (κ3) is 5.56. The van der Waals surface area contributed by atoms with E-state index in [2.05, 4.69) is 15.6 Å². The molecule has 7 nitrogen and oxygen atoms in total. The summed E-state index contributed by atoms with van der Waals surface area (Å²) in [4.78, 5) is 40.6. The molecule has 2 aromatic carbocycles. The minimum Gasteiger partial charge on any atom is -0.326 e. The van der Waals surface area contributed by atoms with Gasteiger partial charge in [0.25, 0.3) is 11.8 Å². The fraction of sp³-hybridized carbons (Fsp3) is 0.130. The van der Waals surface area contributed by atoms with Gasteiger partial charge in [0.05, 0.1) is 27.8 Å². The molecule has 1 saturated carbocycles. The van der Waals surface area contributed by atoms with E-state index >= 15 is 4.39 Å². The van der Waals surface area contributed by atoms with Crippen LogP contribution >= 0.6 is 34.8 Å². The zero-order valence-electron chi connectivity index (χ0n) is 17.8. The summed E-state index contributed by atoms with van der Waals surface area (Å²) < 4.78 is 41.1. The molecule has 0 saturated heterocycles. The number of pyridine rings is 1. The predicted molar refractivity (Wildman–Crippen MR) is 129 cm³/mol. The molecule has 0 radical (unpaired) electrons. The highest BCUT2D eigenvalue weighted by Crippen LogP contribution is 2.53. The summed E-state index contributed by atoms with van der Waals surface area (Å²) in [5, 5.41) is 6.84. The van der Waals surface area contributed by atoms with Crippen LogP contribution < -0.4 is 16.0 Å². The molecular weight excluding hydrogens is 544 g/mol. The molecule has 1 heterocycles. The molecule has 3 amide bonds. The quantitative estimate of drug-likeness (QED) is 0.264. The summed E-state index contributed by atoms with van der Waals surface area (Å²) >= 11 is 17.9. The SMILES string of the molecule is O=C(Nc1c(F)ccc(NC(=O)c2cc(NC(=O)C3CC3(Cl)Cl)ccc2Cl)c1F)c1ccc(F)nc1. The van der Waals surface area contributed by atoms with Gasteiger partial charge in [0.15, 0.2) is 5.82 Å². The second-order valence-electron chi connectivity index (χ2n) is 7.76. The van der Waals surface area contributed by atoms with Crippen molar-refractivity contribution in [3.63, 3.8) is 0 Å². The molecule has 1 atom stereocenters. The second kappa shape index (κ2) is 9.96. The van der Waals surface area contributed by atoms with E-state index in [9.17, 15) is 23.2 Å². The highest BCUT2D eigenvalue weighted by Gasteiger charge is 2.56. The van der Waals surface area contributed by atoms with Crippen molar-refractivity contribution in [2.45, 2.75) is 10.8 Å². The maximum Gasteiger partial charge on any atom is 0.257 e. The number of alkyl halides is 2. The lowest BCUT2D eigenvalue weighted by Gasteiger charge is -2.13. The fourth-order valence-corrected chi connectivity index (χ4v) is 3.86. The predicted octanol–water partition coefficient (Wildman–Crippen LogP) is 5.79. The van der Waals surface area contributed by atoms with Crippen LogP contribution in [0.5, 0.6) is 0 Å². The second-order valence-corrected chi connectivity index (χ2v) is 9.71. The van der Waals surface area contributed by atoms with E-state index in [1.165, 1.54) is 18.2 Å². The van der Waals surface area contributed by atoms with E-state index in [1.807, 2.05) is 5.32 Å². The number of halogens is 6. The zero-order valence-corrected chi connectivity index (χ0v) is 20.1. The molecule has 1 aliphatic rings. The van der Waals surface area contributed by atoms with Crippen molar-refractivity contribution in [3.05, 3.63) is 82.4 Å². The van der Waals surface area contributed by atoms with Crippen molar-refractivity contribution >= 4 is 69.6 Å². The number of hydrogen-bond donors (Lipinski definition) is 3. The zero-order chi connectivity index (χ0) is 26.2. The van der Waals surface area contributed by atoms with E-state index in [1.54, 1.807) is 0 Å². The maximum atomic E-state index is 15.0. The number of carbonyl (C=O) groups excluding carboxylic acids is 3. The van der Waals surface area contributed by atoms with E-state index in [4.69, 9.17) is 34.8 Å². The Morgan fingerprint density at radius 3 is 2.31 bits per heavy atom. The van der Waals surface area contributed by atoms with Crippen LogP contribution in [0.15, 0.2) is 48.7 Å². The van der Waals surface area contributed by atoms with Gasteiger partial charge in [-0.1, -0.05) is 11.6 Å². The Morgan fingerprint density at radius 2 is 1.67 bits per heavy atom. The largest absolute Gasteiger partial charge is 0.326 e. The average molecular weight is 558 g/mol. The van der Waals surface area contributed by atoms with E-state index < -0.39 is 56.9 Å². The lowest BCUT2D eigenvalue weighted by molar-refractivity contribution is -0.117. The number of anilines is 3. The molecule has 4 rings (SSSR count). The first-order chi connectivity index (χ1) is 17.0. The topological polar surface area (TPSA) is 100 Å². The van der Waals surface area contributed by atoms with Gasteiger partial charge in [-0.3, -0.25) is 14.4 Å². The van der Waals surface area contributed by atoms with Crippen LogP contribution in [0, 0.1) is 23.5 Å². The summed E-state index contributed by atoms with van der Waals surface area (Å²) in [6.45, 7) is 0. The van der Waals surface area contributed by atoms with Crippen LogP contribution in [0.1, 0.15) is 27.1 Å². The number of nitrogens with zero attached hydrogens (tertiary/aromatic N) is 1. The first-order valence-electron chi connectivity index (χ1n) is 10.2. The lowest BCUT2D eigenvalue weighted by Crippen LogP contribution is -2.19. The maximum absolute atomic E-state index is 15.0. The third-order valence-corrected chi connectivity index (χ3v) is 6.35. The van der Waals surface area contributed by atoms with Gasteiger partial charge in [-0.2, -0.15) is 4.39 Å². The molecule has 0 spiro atoms. The van der Waals surface area contributed by atoms with Gasteiger partial charge < -0.3 is 16.0 Å². The standard InChI is InChI=1S/C23H14Cl3F3N4O3/c24-14-3-2-11(31-22(36)13-8-23(13,25)26)7-12(14)21(35)32-16-5-4-15(27)19(18(16)29)33-20(34)10-1-6-17(28)30-9-10/h1-7,9,13H,8H2,(H,31,36)(H,32,35)(H,33,34). The van der Waals surface area contributed by atoms with Crippen LogP contribution in [-0.4, -0.2) is 27.0 Å². The van der Waals surface area contributed by atoms with Crippen molar-refractivity contribution in [1.29, 1.82) is 0 Å². The Bertz CT molecular complexity index is 1390. The molecule has 13 heteroatoms. The third-order valence-electron chi connectivity index (χ3n) is 5.19. The Balaban J connectivity index is 1.52. The van der Waals surface area contributed by atoms with Crippen LogP contribution in [-0.2, 0) is 4.79 Å². The van der Waals surface area contributed by atoms with Crippen molar-refractivity contribution in [2.24, 2.45) is 5.92 Å². The number of aromatic nitrogens is 1. The van der Waals surface area contributed by atoms with Gasteiger partial charge in [-0.15, -0.1) is 23.2 Å². The minimum atomic E-state index is -1.28. The summed E-state index contributed by atoms with van der Waals surface area (Å²) in [5.41, 5.74) is -1.37. The van der Waals surface area contributed by atoms with Crippen LogP contribution in [0.3, 0.4) is 0 Å². The normalized spacial score (nSPS) is 15.7. The Labute approximate surface area is 216 Å². The fourth-order valence-electron chi connectivity index (χ4n) is 3.15. The van der Waals surface area contributed by atoms with Crippen molar-refractivity contribution < 1.29 is 27.6 Å². The van der Waals surface area contributed by atoms with Crippen LogP contribution in [0.4, 0.5) is 30.2 Å². The highest BCUT2D eigenvalue weighted by atomic mass is 35.5. The summed E-state index contributed by atoms with van der Waals surface area (Å²) in [5.74, 6) is -6.12. The van der Waals surface area contributed by atoms with Gasteiger partial charge in [0.2, 0.25) is 11.9 Å². The van der Waals surface area contributed by atoms with E-state index in [-0.39, 0.29) is 28.3 Å². The first-order valence-corrected chi connectivity index (χ1v) is 11.3. The van der Waals surface area contributed by atoms with Crippen molar-refractivity contribution in [1.82, 2.24) is 4.98 Å². The first kappa shape index (κ1) is 25.7. The smallest absolute Gasteiger partial charge is 0.257 e. The molecule has 36 heavy (non-hydrogen) atoms. The lowest BCUT2D eigenvalue weighted by atomic mass is 10.1. The molecule has 1 fully saturated rings. The molecule has 1 aliphatic carbocycles. The van der Waals surface area contributed by atoms with Gasteiger partial charge in [0, 0.05) is 11.9 Å². The molecule has 186 valence electrons. The molecule has 1 aromatic heterocycles. The molecule has 0 aliphatic heterocycles. The van der Waals surface area contributed by atoms with E-state index in [0.717, 1.165) is 30.5 Å². The summed E-state index contributed by atoms with van der Waals surface area (Å²) in [7, 11) is 0. The molecule has 1 unspecified atom stereocenters.